The summed E-state index contributed by atoms with van der Waals surface area (Å²) in [7, 11) is 0. The summed E-state index contributed by atoms with van der Waals surface area (Å²) in [5.74, 6) is 0.833. The minimum absolute atomic E-state index is 0.143. The predicted octanol–water partition coefficient (Wildman–Crippen LogP) is 1.32. The summed E-state index contributed by atoms with van der Waals surface area (Å²) in [6.45, 7) is 3.04. The van der Waals surface area contributed by atoms with Crippen molar-refractivity contribution in [3.63, 3.8) is 0 Å². The number of hydrogen-bond donors (Lipinski definition) is 1. The standard InChI is InChI=1S/C14H13N3O3/c1-8-4-12-13(20-3-2-19-12)5-9(8)10-6-17-11(7-16-10)14(15)18/h4-7H,2-3H2,1H3,(H2,15,18). The van der Waals surface area contributed by atoms with Gasteiger partial charge < -0.3 is 15.2 Å². The monoisotopic (exact) mass is 271 g/mol. The van der Waals surface area contributed by atoms with Crippen LogP contribution in [0.3, 0.4) is 0 Å². The first-order valence-electron chi connectivity index (χ1n) is 6.17. The molecule has 3 rings (SSSR count). The predicted molar refractivity (Wildman–Crippen MR) is 71.7 cm³/mol. The Labute approximate surface area is 115 Å². The number of rotatable bonds is 2. The maximum absolute atomic E-state index is 11.0. The third kappa shape index (κ3) is 2.16. The van der Waals surface area contributed by atoms with Crippen molar-refractivity contribution in [3.05, 3.63) is 35.8 Å². The first kappa shape index (κ1) is 12.4. The largest absolute Gasteiger partial charge is 0.486 e. The summed E-state index contributed by atoms with van der Waals surface area (Å²) in [5, 5.41) is 0. The van der Waals surface area contributed by atoms with Gasteiger partial charge in [-0.3, -0.25) is 9.78 Å². The van der Waals surface area contributed by atoms with Gasteiger partial charge in [-0.2, -0.15) is 0 Å². The molecule has 6 nitrogen and oxygen atoms in total. The van der Waals surface area contributed by atoms with Gasteiger partial charge in [-0.15, -0.1) is 0 Å². The van der Waals surface area contributed by atoms with E-state index in [9.17, 15) is 4.79 Å². The molecule has 1 aliphatic rings. The molecule has 102 valence electrons. The highest BCUT2D eigenvalue weighted by Crippen LogP contribution is 2.36. The number of nitrogens with zero attached hydrogens (tertiary/aromatic N) is 2. The number of nitrogens with two attached hydrogens (primary N) is 1. The fourth-order valence-electron chi connectivity index (χ4n) is 2.06. The molecule has 0 fully saturated rings. The fraction of sp³-hybridized carbons (Fsp3) is 0.214. The van der Waals surface area contributed by atoms with Gasteiger partial charge in [0.25, 0.3) is 5.91 Å². The molecule has 2 N–H and O–H groups in total. The molecule has 0 aliphatic carbocycles. The van der Waals surface area contributed by atoms with Crippen LogP contribution >= 0.6 is 0 Å². The number of benzene rings is 1. The maximum Gasteiger partial charge on any atom is 0.268 e. The average Bonchev–Trinajstić information content (AvgIpc) is 2.46. The van der Waals surface area contributed by atoms with E-state index in [1.165, 1.54) is 12.4 Å². The van der Waals surface area contributed by atoms with Crippen LogP contribution in [0.5, 0.6) is 11.5 Å². The van der Waals surface area contributed by atoms with Crippen LogP contribution in [0, 0.1) is 6.92 Å². The van der Waals surface area contributed by atoms with E-state index in [0.29, 0.717) is 24.7 Å². The number of carbonyl (C=O) groups is 1. The number of hydrogen-bond acceptors (Lipinski definition) is 5. The van der Waals surface area contributed by atoms with Crippen LogP contribution in [-0.2, 0) is 0 Å². The first-order chi connectivity index (χ1) is 9.65. The highest BCUT2D eigenvalue weighted by atomic mass is 16.6. The minimum atomic E-state index is -0.594. The van der Waals surface area contributed by atoms with E-state index >= 15 is 0 Å². The molecule has 1 amide bonds. The van der Waals surface area contributed by atoms with E-state index in [2.05, 4.69) is 9.97 Å². The Morgan fingerprint density at radius 3 is 2.45 bits per heavy atom. The van der Waals surface area contributed by atoms with E-state index in [0.717, 1.165) is 16.9 Å². The first-order valence-corrected chi connectivity index (χ1v) is 6.17. The molecule has 2 aromatic rings. The molecule has 1 aromatic carbocycles. The quantitative estimate of drug-likeness (QED) is 0.890. The average molecular weight is 271 g/mol. The lowest BCUT2D eigenvalue weighted by molar-refractivity contribution is 0.0995. The van der Waals surface area contributed by atoms with Crippen molar-refractivity contribution < 1.29 is 14.3 Å². The second-order valence-electron chi connectivity index (χ2n) is 4.46. The van der Waals surface area contributed by atoms with Crippen LogP contribution in [0.25, 0.3) is 11.3 Å². The molecule has 1 aromatic heterocycles. The fourth-order valence-corrected chi connectivity index (χ4v) is 2.06. The highest BCUT2D eigenvalue weighted by molar-refractivity contribution is 5.90. The molecular weight excluding hydrogens is 258 g/mol. The number of primary amides is 1. The van der Waals surface area contributed by atoms with Crippen molar-refractivity contribution in [2.45, 2.75) is 6.92 Å². The Balaban J connectivity index is 2.03. The Kier molecular flexibility index (Phi) is 2.98. The second kappa shape index (κ2) is 4.80. The van der Waals surface area contributed by atoms with Crippen molar-refractivity contribution in [2.24, 2.45) is 5.73 Å². The van der Waals surface area contributed by atoms with E-state index in [4.69, 9.17) is 15.2 Å². The number of aryl methyl sites for hydroxylation is 1. The second-order valence-corrected chi connectivity index (χ2v) is 4.46. The van der Waals surface area contributed by atoms with Gasteiger partial charge in [0.05, 0.1) is 18.1 Å². The van der Waals surface area contributed by atoms with Crippen molar-refractivity contribution >= 4 is 5.91 Å². The van der Waals surface area contributed by atoms with E-state index in [-0.39, 0.29) is 5.69 Å². The Bertz CT molecular complexity index is 668. The number of ether oxygens (including phenoxy) is 2. The Morgan fingerprint density at radius 2 is 1.85 bits per heavy atom. The maximum atomic E-state index is 11.0. The summed E-state index contributed by atoms with van der Waals surface area (Å²) < 4.78 is 11.1. The van der Waals surface area contributed by atoms with Crippen LogP contribution in [0.15, 0.2) is 24.5 Å². The lowest BCUT2D eigenvalue weighted by Gasteiger charge is -2.20. The molecule has 0 radical (unpaired) electrons. The van der Waals surface area contributed by atoms with Gasteiger partial charge in [-0.1, -0.05) is 0 Å². The lowest BCUT2D eigenvalue weighted by atomic mass is 10.0. The molecule has 0 saturated heterocycles. The molecule has 0 spiro atoms. The third-order valence-electron chi connectivity index (χ3n) is 3.07. The molecule has 6 heteroatoms. The van der Waals surface area contributed by atoms with E-state index < -0.39 is 5.91 Å². The van der Waals surface area contributed by atoms with Gasteiger partial charge in [-0.25, -0.2) is 4.98 Å². The van der Waals surface area contributed by atoms with Gasteiger partial charge in [0.15, 0.2) is 11.5 Å². The van der Waals surface area contributed by atoms with Crippen molar-refractivity contribution in [1.29, 1.82) is 0 Å². The molecule has 20 heavy (non-hydrogen) atoms. The van der Waals surface area contributed by atoms with E-state index in [1.807, 2.05) is 19.1 Å². The highest BCUT2D eigenvalue weighted by Gasteiger charge is 2.16. The van der Waals surface area contributed by atoms with Crippen molar-refractivity contribution in [1.82, 2.24) is 9.97 Å². The van der Waals surface area contributed by atoms with Crippen LogP contribution < -0.4 is 15.2 Å². The van der Waals surface area contributed by atoms with Crippen LogP contribution in [0.1, 0.15) is 16.1 Å². The summed E-state index contributed by atoms with van der Waals surface area (Å²) in [4.78, 5) is 19.2. The zero-order valence-corrected chi connectivity index (χ0v) is 10.9. The molecule has 2 heterocycles. The summed E-state index contributed by atoms with van der Waals surface area (Å²) in [5.41, 5.74) is 7.83. The molecule has 0 unspecified atom stereocenters. The minimum Gasteiger partial charge on any atom is -0.486 e. The Hall–Kier alpha value is -2.63. The summed E-state index contributed by atoms with van der Waals surface area (Å²) in [6.07, 6.45) is 2.90. The van der Waals surface area contributed by atoms with Gasteiger partial charge in [0, 0.05) is 5.56 Å². The van der Waals surface area contributed by atoms with Gasteiger partial charge in [0.2, 0.25) is 0 Å². The smallest absolute Gasteiger partial charge is 0.268 e. The lowest BCUT2D eigenvalue weighted by Crippen LogP contribution is -2.15. The van der Waals surface area contributed by atoms with Crippen LogP contribution in [0.4, 0.5) is 0 Å². The third-order valence-corrected chi connectivity index (χ3v) is 3.07. The van der Waals surface area contributed by atoms with E-state index in [1.54, 1.807) is 0 Å². The number of amides is 1. The summed E-state index contributed by atoms with van der Waals surface area (Å²) in [6, 6.07) is 3.78. The Morgan fingerprint density at radius 1 is 1.15 bits per heavy atom. The zero-order chi connectivity index (χ0) is 14.1. The van der Waals surface area contributed by atoms with Crippen molar-refractivity contribution in [2.75, 3.05) is 13.2 Å². The number of aromatic nitrogens is 2. The topological polar surface area (TPSA) is 87.3 Å². The van der Waals surface area contributed by atoms with Crippen molar-refractivity contribution in [3.8, 4) is 22.8 Å². The molecular formula is C14H13N3O3. The van der Waals surface area contributed by atoms with Crippen LogP contribution in [0.2, 0.25) is 0 Å². The zero-order valence-electron chi connectivity index (χ0n) is 10.9. The number of fused-ring (bicyclic) bond motifs is 1. The SMILES string of the molecule is Cc1cc2c(cc1-c1cnc(C(N)=O)cn1)OCCO2. The normalized spacial score (nSPS) is 13.1. The molecule has 1 aliphatic heterocycles. The van der Waals surface area contributed by atoms with Gasteiger partial charge >= 0.3 is 0 Å². The molecule has 0 bridgehead atoms. The number of carbonyl (C=O) groups excluding carboxylic acids is 1. The molecule has 0 atom stereocenters. The van der Waals surface area contributed by atoms with Gasteiger partial charge in [0.1, 0.15) is 18.9 Å². The molecule has 0 saturated carbocycles. The van der Waals surface area contributed by atoms with Gasteiger partial charge in [-0.05, 0) is 24.6 Å². The van der Waals surface area contributed by atoms with Crippen LogP contribution in [-0.4, -0.2) is 29.1 Å². The summed E-state index contributed by atoms with van der Waals surface area (Å²) >= 11 is 0.